The summed E-state index contributed by atoms with van der Waals surface area (Å²) in [5.41, 5.74) is 2.26. The molecule has 0 spiro atoms. The standard InChI is InChI=1S/C17H18ClF2N/c1-3-8-21-17(12-5-7-15(19)11(2)9-12)13-4-6-14(18)16(20)10-13/h4-7,9-10,17,21H,3,8H2,1-2H3. The summed E-state index contributed by atoms with van der Waals surface area (Å²) >= 11 is 5.74. The van der Waals surface area contributed by atoms with Crippen LogP contribution in [-0.2, 0) is 0 Å². The SMILES string of the molecule is CCCNC(c1ccc(F)c(C)c1)c1ccc(Cl)c(F)c1. The van der Waals surface area contributed by atoms with E-state index in [0.717, 1.165) is 24.1 Å². The van der Waals surface area contributed by atoms with Gasteiger partial charge in [-0.2, -0.15) is 0 Å². The van der Waals surface area contributed by atoms with Crippen LogP contribution in [0, 0.1) is 18.6 Å². The van der Waals surface area contributed by atoms with Crippen molar-refractivity contribution in [2.75, 3.05) is 6.54 Å². The van der Waals surface area contributed by atoms with E-state index in [2.05, 4.69) is 12.2 Å². The molecular formula is C17H18ClF2N. The molecule has 21 heavy (non-hydrogen) atoms. The maximum Gasteiger partial charge on any atom is 0.142 e. The van der Waals surface area contributed by atoms with E-state index in [1.54, 1.807) is 31.2 Å². The first-order valence-corrected chi connectivity index (χ1v) is 7.35. The first-order chi connectivity index (χ1) is 10.0. The number of hydrogen-bond acceptors (Lipinski definition) is 1. The molecule has 0 heterocycles. The highest BCUT2D eigenvalue weighted by Gasteiger charge is 2.16. The Bertz CT molecular complexity index is 577. The molecule has 2 aromatic rings. The monoisotopic (exact) mass is 309 g/mol. The Hall–Kier alpha value is -1.45. The second kappa shape index (κ2) is 7.01. The molecule has 0 saturated heterocycles. The molecule has 1 atom stereocenters. The molecule has 4 heteroatoms. The van der Waals surface area contributed by atoms with Gasteiger partial charge in [-0.15, -0.1) is 0 Å². The summed E-state index contributed by atoms with van der Waals surface area (Å²) in [6.07, 6.45) is 0.951. The summed E-state index contributed by atoms with van der Waals surface area (Å²) in [6, 6.07) is 9.53. The molecule has 0 aliphatic heterocycles. The molecule has 0 fully saturated rings. The van der Waals surface area contributed by atoms with Gasteiger partial charge in [-0.3, -0.25) is 0 Å². The van der Waals surface area contributed by atoms with Crippen molar-refractivity contribution in [1.29, 1.82) is 0 Å². The molecule has 0 aliphatic rings. The molecule has 0 saturated carbocycles. The Labute approximate surface area is 128 Å². The summed E-state index contributed by atoms with van der Waals surface area (Å²) in [5, 5.41) is 3.46. The molecule has 0 radical (unpaired) electrons. The number of halogens is 3. The lowest BCUT2D eigenvalue weighted by molar-refractivity contribution is 0.580. The summed E-state index contributed by atoms with van der Waals surface area (Å²) in [4.78, 5) is 0. The molecule has 112 valence electrons. The van der Waals surface area contributed by atoms with Crippen molar-refractivity contribution in [3.8, 4) is 0 Å². The smallest absolute Gasteiger partial charge is 0.142 e. The molecule has 1 nitrogen and oxygen atoms in total. The van der Waals surface area contributed by atoms with E-state index in [1.807, 2.05) is 0 Å². The van der Waals surface area contributed by atoms with Gasteiger partial charge in [0.15, 0.2) is 0 Å². The van der Waals surface area contributed by atoms with Crippen molar-refractivity contribution >= 4 is 11.6 Å². The predicted octanol–water partition coefficient (Wildman–Crippen LogP) is 5.02. The van der Waals surface area contributed by atoms with Crippen molar-refractivity contribution < 1.29 is 8.78 Å². The van der Waals surface area contributed by atoms with Gasteiger partial charge in [-0.05, 0) is 54.8 Å². The van der Waals surface area contributed by atoms with Crippen LogP contribution < -0.4 is 5.32 Å². The van der Waals surface area contributed by atoms with Crippen LogP contribution in [0.5, 0.6) is 0 Å². The second-order valence-corrected chi connectivity index (χ2v) is 5.48. The van der Waals surface area contributed by atoms with Gasteiger partial charge < -0.3 is 5.32 Å². The third kappa shape index (κ3) is 3.80. The number of aryl methyl sites for hydroxylation is 1. The highest BCUT2D eigenvalue weighted by molar-refractivity contribution is 6.30. The summed E-state index contributed by atoms with van der Waals surface area (Å²) in [7, 11) is 0. The first-order valence-electron chi connectivity index (χ1n) is 6.97. The van der Waals surface area contributed by atoms with Crippen LogP contribution >= 0.6 is 11.6 Å². The van der Waals surface area contributed by atoms with Crippen molar-refractivity contribution in [2.45, 2.75) is 26.3 Å². The van der Waals surface area contributed by atoms with Gasteiger partial charge in [0.25, 0.3) is 0 Å². The van der Waals surface area contributed by atoms with Gasteiger partial charge in [0.05, 0.1) is 11.1 Å². The van der Waals surface area contributed by atoms with Gasteiger partial charge in [0, 0.05) is 0 Å². The lowest BCUT2D eigenvalue weighted by atomic mass is 9.97. The quantitative estimate of drug-likeness (QED) is 0.818. The summed E-state index contributed by atoms with van der Waals surface area (Å²) < 4.78 is 27.1. The molecule has 0 aromatic heterocycles. The van der Waals surface area contributed by atoms with Crippen LogP contribution in [0.25, 0.3) is 0 Å². The van der Waals surface area contributed by atoms with E-state index in [9.17, 15) is 8.78 Å². The zero-order valence-corrected chi connectivity index (χ0v) is 12.8. The molecule has 1 N–H and O–H groups in total. The minimum absolute atomic E-state index is 0.100. The Morgan fingerprint density at radius 1 is 1.05 bits per heavy atom. The zero-order valence-electron chi connectivity index (χ0n) is 12.1. The molecular weight excluding hydrogens is 292 g/mol. The van der Waals surface area contributed by atoms with Crippen molar-refractivity contribution in [3.63, 3.8) is 0 Å². The summed E-state index contributed by atoms with van der Waals surface area (Å²) in [6.45, 7) is 4.56. The average molecular weight is 310 g/mol. The fourth-order valence-corrected chi connectivity index (χ4v) is 2.37. The Morgan fingerprint density at radius 2 is 1.71 bits per heavy atom. The maximum atomic E-state index is 13.7. The van der Waals surface area contributed by atoms with E-state index in [-0.39, 0.29) is 16.9 Å². The van der Waals surface area contributed by atoms with Crippen LogP contribution in [0.2, 0.25) is 5.02 Å². The highest BCUT2D eigenvalue weighted by Crippen LogP contribution is 2.26. The van der Waals surface area contributed by atoms with Gasteiger partial charge in [-0.25, -0.2) is 8.78 Å². The molecule has 0 amide bonds. The van der Waals surface area contributed by atoms with Crippen molar-refractivity contribution in [3.05, 3.63) is 69.7 Å². The molecule has 1 unspecified atom stereocenters. The van der Waals surface area contributed by atoms with Crippen LogP contribution in [0.1, 0.15) is 36.1 Å². The molecule has 0 aliphatic carbocycles. The third-order valence-corrected chi connectivity index (χ3v) is 3.70. The van der Waals surface area contributed by atoms with Crippen molar-refractivity contribution in [1.82, 2.24) is 5.32 Å². The number of nitrogens with one attached hydrogen (secondary N) is 1. The minimum Gasteiger partial charge on any atom is -0.306 e. The molecule has 2 aromatic carbocycles. The fraction of sp³-hybridized carbons (Fsp3) is 0.294. The largest absolute Gasteiger partial charge is 0.306 e. The van der Waals surface area contributed by atoms with Crippen molar-refractivity contribution in [2.24, 2.45) is 0 Å². The van der Waals surface area contributed by atoms with Crippen LogP contribution in [0.15, 0.2) is 36.4 Å². The lowest BCUT2D eigenvalue weighted by Crippen LogP contribution is -2.23. The minimum atomic E-state index is -0.448. The van der Waals surface area contributed by atoms with E-state index in [4.69, 9.17) is 11.6 Å². The normalized spacial score (nSPS) is 12.4. The number of rotatable bonds is 5. The third-order valence-electron chi connectivity index (χ3n) is 3.39. The second-order valence-electron chi connectivity index (χ2n) is 5.07. The van der Waals surface area contributed by atoms with E-state index in [0.29, 0.717) is 5.56 Å². The number of benzene rings is 2. The van der Waals surface area contributed by atoms with Gasteiger partial charge in [-0.1, -0.05) is 36.7 Å². The highest BCUT2D eigenvalue weighted by atomic mass is 35.5. The first kappa shape index (κ1) is 15.9. The van der Waals surface area contributed by atoms with Crippen LogP contribution in [0.4, 0.5) is 8.78 Å². The molecule has 0 bridgehead atoms. The Balaban J connectivity index is 2.41. The predicted molar refractivity (Wildman–Crippen MR) is 82.7 cm³/mol. The van der Waals surface area contributed by atoms with Gasteiger partial charge in [0.1, 0.15) is 11.6 Å². The number of hydrogen-bond donors (Lipinski definition) is 1. The lowest BCUT2D eigenvalue weighted by Gasteiger charge is -2.20. The Morgan fingerprint density at radius 3 is 2.33 bits per heavy atom. The van der Waals surface area contributed by atoms with Crippen LogP contribution in [0.3, 0.4) is 0 Å². The average Bonchev–Trinajstić information content (AvgIpc) is 2.46. The maximum absolute atomic E-state index is 13.7. The van der Waals surface area contributed by atoms with E-state index in [1.165, 1.54) is 12.1 Å². The van der Waals surface area contributed by atoms with Gasteiger partial charge in [0.2, 0.25) is 0 Å². The topological polar surface area (TPSA) is 12.0 Å². The van der Waals surface area contributed by atoms with Crippen LogP contribution in [-0.4, -0.2) is 6.54 Å². The Kier molecular flexibility index (Phi) is 5.32. The van der Waals surface area contributed by atoms with Gasteiger partial charge >= 0.3 is 0 Å². The zero-order chi connectivity index (χ0) is 15.4. The summed E-state index contributed by atoms with van der Waals surface area (Å²) in [5.74, 6) is -0.688. The van der Waals surface area contributed by atoms with E-state index >= 15 is 0 Å². The van der Waals surface area contributed by atoms with E-state index < -0.39 is 5.82 Å². The fourth-order valence-electron chi connectivity index (χ4n) is 2.26. The molecule has 2 rings (SSSR count).